The lowest BCUT2D eigenvalue weighted by molar-refractivity contribution is -0.849. The third kappa shape index (κ3) is 7.84. The van der Waals surface area contributed by atoms with Gasteiger partial charge in [-0.25, -0.2) is 0 Å². The summed E-state index contributed by atoms with van der Waals surface area (Å²) >= 11 is 0. The molecule has 3 heteroatoms. The van der Waals surface area contributed by atoms with Gasteiger partial charge in [-0.3, -0.25) is 0 Å². The second kappa shape index (κ2) is 10.4. The van der Waals surface area contributed by atoms with E-state index in [-0.39, 0.29) is 12.4 Å². The molecule has 3 aromatic rings. The molecule has 132 valence electrons. The van der Waals surface area contributed by atoms with E-state index < -0.39 is 7.92 Å². The molecule has 0 bridgehead atoms. The first kappa shape index (κ1) is 21.4. The topological polar surface area (TPSA) is 0 Å². The van der Waals surface area contributed by atoms with Crippen LogP contribution in [0, 0.1) is 0 Å². The van der Waals surface area contributed by atoms with E-state index in [0.29, 0.717) is 0 Å². The van der Waals surface area contributed by atoms with E-state index in [2.05, 4.69) is 119 Å². The molecule has 0 amide bonds. The fraction of sp³-hybridized carbons (Fsp3) is 0.182. The summed E-state index contributed by atoms with van der Waals surface area (Å²) in [5.41, 5.74) is 0. The number of nitrogens with zero attached hydrogens (tertiary/aromatic N) is 1. The van der Waals surface area contributed by atoms with Gasteiger partial charge in [-0.05, 0) is 23.8 Å². The lowest BCUT2D eigenvalue weighted by atomic mass is 10.4. The Morgan fingerprint density at radius 2 is 0.680 bits per heavy atom. The molecular weight excluding hydrogens is 345 g/mol. The van der Waals surface area contributed by atoms with Gasteiger partial charge >= 0.3 is 0 Å². The summed E-state index contributed by atoms with van der Waals surface area (Å²) in [6.07, 6.45) is 0. The molecule has 0 spiro atoms. The quantitative estimate of drug-likeness (QED) is 0.471. The lowest BCUT2D eigenvalue weighted by Gasteiger charge is -2.18. The second-order valence-electron chi connectivity index (χ2n) is 7.03. The van der Waals surface area contributed by atoms with Crippen LogP contribution in [0.15, 0.2) is 91.0 Å². The van der Waals surface area contributed by atoms with Gasteiger partial charge in [0, 0.05) is 0 Å². The first-order chi connectivity index (χ1) is 11.4. The Hall–Kier alpha value is -1.66. The molecular formula is C22H27ClNP. The standard InChI is InChI=1S/C18H15P.C4H12N.ClH/c1-4-10-16(11-5-1)19(17-12-6-2-7-13-17)18-14-8-3-9-15-18;1-5(2,3)4;/h1-15H;1-4H3;1H/q;+1;/p-1. The third-order valence-corrected chi connectivity index (χ3v) is 5.49. The highest BCUT2D eigenvalue weighted by molar-refractivity contribution is 7.79. The van der Waals surface area contributed by atoms with Crippen molar-refractivity contribution in [2.24, 2.45) is 0 Å². The van der Waals surface area contributed by atoms with Crippen LogP contribution in [0.25, 0.3) is 0 Å². The number of quaternary nitrogens is 1. The van der Waals surface area contributed by atoms with Crippen LogP contribution in [-0.4, -0.2) is 32.7 Å². The SMILES string of the molecule is C[N+](C)(C)C.[Cl-].c1ccc(P(c2ccccc2)c2ccccc2)cc1. The van der Waals surface area contributed by atoms with Gasteiger partial charge < -0.3 is 16.9 Å². The third-order valence-electron chi connectivity index (χ3n) is 3.04. The van der Waals surface area contributed by atoms with Gasteiger partial charge in [0.2, 0.25) is 0 Å². The molecule has 0 saturated heterocycles. The molecule has 3 aromatic carbocycles. The minimum absolute atomic E-state index is 0. The molecule has 0 aliphatic heterocycles. The van der Waals surface area contributed by atoms with Gasteiger partial charge in [0.1, 0.15) is 0 Å². The van der Waals surface area contributed by atoms with E-state index in [1.807, 2.05) is 0 Å². The Bertz CT molecular complexity index is 609. The van der Waals surface area contributed by atoms with E-state index in [1.165, 1.54) is 15.9 Å². The van der Waals surface area contributed by atoms with Crippen molar-refractivity contribution in [2.75, 3.05) is 28.2 Å². The van der Waals surface area contributed by atoms with E-state index in [4.69, 9.17) is 0 Å². The van der Waals surface area contributed by atoms with Gasteiger partial charge in [-0.2, -0.15) is 0 Å². The van der Waals surface area contributed by atoms with Gasteiger partial charge in [0.15, 0.2) is 0 Å². The Balaban J connectivity index is 0.000000462. The molecule has 0 saturated carbocycles. The summed E-state index contributed by atoms with van der Waals surface area (Å²) in [7, 11) is 8.05. The second-order valence-corrected chi connectivity index (χ2v) is 9.25. The zero-order valence-electron chi connectivity index (χ0n) is 15.4. The highest BCUT2D eigenvalue weighted by Crippen LogP contribution is 2.32. The van der Waals surface area contributed by atoms with Crippen LogP contribution < -0.4 is 28.3 Å². The summed E-state index contributed by atoms with van der Waals surface area (Å²) in [4.78, 5) is 0. The molecule has 0 unspecified atom stereocenters. The maximum atomic E-state index is 2.23. The monoisotopic (exact) mass is 371 g/mol. The zero-order valence-corrected chi connectivity index (χ0v) is 17.1. The Morgan fingerprint density at radius 3 is 0.880 bits per heavy atom. The molecule has 0 N–H and O–H groups in total. The Kier molecular flexibility index (Phi) is 8.86. The van der Waals surface area contributed by atoms with Crippen LogP contribution in [0.1, 0.15) is 0 Å². The van der Waals surface area contributed by atoms with Crippen LogP contribution in [-0.2, 0) is 0 Å². The van der Waals surface area contributed by atoms with Crippen LogP contribution in [0.3, 0.4) is 0 Å². The van der Waals surface area contributed by atoms with Gasteiger partial charge in [-0.1, -0.05) is 91.0 Å². The minimum Gasteiger partial charge on any atom is -1.00 e. The predicted octanol–water partition coefficient (Wildman–Crippen LogP) is 0.771. The van der Waals surface area contributed by atoms with E-state index in [0.717, 1.165) is 4.48 Å². The summed E-state index contributed by atoms with van der Waals surface area (Å²) in [6.45, 7) is 0. The summed E-state index contributed by atoms with van der Waals surface area (Å²) < 4.78 is 1.00. The van der Waals surface area contributed by atoms with Crippen molar-refractivity contribution in [1.82, 2.24) is 0 Å². The van der Waals surface area contributed by atoms with Crippen molar-refractivity contribution in [3.8, 4) is 0 Å². The largest absolute Gasteiger partial charge is 1.00 e. The number of hydrogen-bond acceptors (Lipinski definition) is 0. The Morgan fingerprint density at radius 1 is 0.480 bits per heavy atom. The fourth-order valence-electron chi connectivity index (χ4n) is 2.18. The van der Waals surface area contributed by atoms with Crippen LogP contribution in [0.2, 0.25) is 0 Å². The van der Waals surface area contributed by atoms with Crippen molar-refractivity contribution >= 4 is 23.8 Å². The van der Waals surface area contributed by atoms with Crippen molar-refractivity contribution < 1.29 is 16.9 Å². The van der Waals surface area contributed by atoms with Crippen LogP contribution in [0.5, 0.6) is 0 Å². The minimum atomic E-state index is -0.446. The van der Waals surface area contributed by atoms with Gasteiger partial charge in [0.25, 0.3) is 0 Å². The molecule has 25 heavy (non-hydrogen) atoms. The first-order valence-electron chi connectivity index (χ1n) is 8.19. The maximum Gasteiger partial charge on any atom is 0.0675 e. The number of rotatable bonds is 3. The van der Waals surface area contributed by atoms with E-state index in [1.54, 1.807) is 0 Å². The van der Waals surface area contributed by atoms with E-state index >= 15 is 0 Å². The molecule has 0 aliphatic carbocycles. The predicted molar refractivity (Wildman–Crippen MR) is 109 cm³/mol. The molecule has 0 atom stereocenters. The first-order valence-corrected chi connectivity index (χ1v) is 9.53. The zero-order chi connectivity index (χ0) is 17.4. The van der Waals surface area contributed by atoms with Crippen molar-refractivity contribution in [1.29, 1.82) is 0 Å². The van der Waals surface area contributed by atoms with Crippen LogP contribution in [0.4, 0.5) is 0 Å². The van der Waals surface area contributed by atoms with Crippen LogP contribution >= 0.6 is 7.92 Å². The highest BCUT2D eigenvalue weighted by Gasteiger charge is 2.14. The van der Waals surface area contributed by atoms with Gasteiger partial charge in [-0.15, -0.1) is 0 Å². The highest BCUT2D eigenvalue weighted by atomic mass is 35.5. The normalized spacial score (nSPS) is 10.4. The molecule has 0 heterocycles. The number of halogens is 1. The number of hydrogen-bond donors (Lipinski definition) is 0. The average Bonchev–Trinajstić information content (AvgIpc) is 2.57. The lowest BCUT2D eigenvalue weighted by Crippen LogP contribution is -3.00. The van der Waals surface area contributed by atoms with E-state index in [9.17, 15) is 0 Å². The van der Waals surface area contributed by atoms with Crippen molar-refractivity contribution in [2.45, 2.75) is 0 Å². The molecule has 1 nitrogen and oxygen atoms in total. The summed E-state index contributed by atoms with van der Waals surface area (Å²) in [5.74, 6) is 0. The molecule has 0 aromatic heterocycles. The molecule has 0 radical (unpaired) electrons. The molecule has 0 aliphatic rings. The molecule has 3 rings (SSSR count). The average molecular weight is 372 g/mol. The fourth-order valence-corrected chi connectivity index (χ4v) is 4.48. The maximum absolute atomic E-state index is 2.23. The molecule has 0 fully saturated rings. The van der Waals surface area contributed by atoms with Crippen molar-refractivity contribution in [3.05, 3.63) is 91.0 Å². The van der Waals surface area contributed by atoms with Gasteiger partial charge in [0.05, 0.1) is 28.2 Å². The van der Waals surface area contributed by atoms with Crippen molar-refractivity contribution in [3.63, 3.8) is 0 Å². The summed E-state index contributed by atoms with van der Waals surface area (Å²) in [6, 6.07) is 32.3. The smallest absolute Gasteiger partial charge is 0.0675 e. The number of benzene rings is 3. The Labute approximate surface area is 160 Å². The summed E-state index contributed by atoms with van der Waals surface area (Å²) in [5, 5.41) is 4.19.